The molecule has 1 radical (unpaired) electrons. The third-order valence-corrected chi connectivity index (χ3v) is 8.11. The first kappa shape index (κ1) is 17.5. The summed E-state index contributed by atoms with van der Waals surface area (Å²) in [5.74, 6) is 5.21. The van der Waals surface area contributed by atoms with Gasteiger partial charge in [0.25, 0.3) is 0 Å². The highest BCUT2D eigenvalue weighted by molar-refractivity contribution is 5.53. The van der Waals surface area contributed by atoms with E-state index in [9.17, 15) is 0 Å². The predicted molar refractivity (Wildman–Crippen MR) is 119 cm³/mol. The van der Waals surface area contributed by atoms with E-state index in [1.54, 1.807) is 0 Å². The van der Waals surface area contributed by atoms with Crippen LogP contribution in [-0.2, 0) is 5.41 Å². The Morgan fingerprint density at radius 2 is 0.931 bits per heavy atom. The fraction of sp³-hybridized carbons (Fsp3) is 0.345. The Kier molecular flexibility index (Phi) is 4.15. The summed E-state index contributed by atoms with van der Waals surface area (Å²) in [4.78, 5) is 0. The van der Waals surface area contributed by atoms with Crippen LogP contribution in [0, 0.1) is 29.6 Å². The van der Waals surface area contributed by atoms with Crippen LogP contribution in [0.2, 0.25) is 0 Å². The van der Waals surface area contributed by atoms with Gasteiger partial charge in [-0.2, -0.15) is 0 Å². The Hall–Kier alpha value is -2.34. The topological polar surface area (TPSA) is 0 Å². The van der Waals surface area contributed by atoms with Gasteiger partial charge in [-0.05, 0) is 78.4 Å². The summed E-state index contributed by atoms with van der Waals surface area (Å²) < 4.78 is 0. The summed E-state index contributed by atoms with van der Waals surface area (Å²) in [6, 6.07) is 34.2. The van der Waals surface area contributed by atoms with Crippen LogP contribution in [0.25, 0.3) is 0 Å². The van der Waals surface area contributed by atoms with Gasteiger partial charge in [0.15, 0.2) is 0 Å². The van der Waals surface area contributed by atoms with Crippen molar-refractivity contribution in [2.75, 3.05) is 0 Å². The van der Waals surface area contributed by atoms with Gasteiger partial charge in [-0.3, -0.25) is 0 Å². The van der Waals surface area contributed by atoms with Crippen molar-refractivity contribution in [1.82, 2.24) is 0 Å². The lowest BCUT2D eigenvalue weighted by Crippen LogP contribution is -2.53. The molecule has 0 spiro atoms. The molecule has 4 bridgehead atoms. The van der Waals surface area contributed by atoms with E-state index in [0.717, 1.165) is 17.8 Å². The highest BCUT2D eigenvalue weighted by Gasteiger charge is 2.57. The molecule has 0 amide bonds. The maximum atomic E-state index is 2.38. The minimum atomic E-state index is -0.0863. The van der Waals surface area contributed by atoms with Crippen molar-refractivity contribution in [1.29, 1.82) is 0 Å². The van der Waals surface area contributed by atoms with Gasteiger partial charge in [-0.15, -0.1) is 0 Å². The van der Waals surface area contributed by atoms with Crippen molar-refractivity contribution >= 4 is 0 Å². The number of benzene rings is 3. The molecule has 0 aliphatic heterocycles. The largest absolute Gasteiger partial charge is 0.0622 e. The molecule has 3 unspecified atom stereocenters. The van der Waals surface area contributed by atoms with Gasteiger partial charge < -0.3 is 0 Å². The lowest BCUT2D eigenvalue weighted by atomic mass is 9.43. The van der Waals surface area contributed by atoms with Crippen molar-refractivity contribution < 1.29 is 0 Å². The third kappa shape index (κ3) is 2.65. The maximum absolute atomic E-state index is 2.38. The van der Waals surface area contributed by atoms with Gasteiger partial charge in [0, 0.05) is 5.41 Å². The van der Waals surface area contributed by atoms with Crippen LogP contribution in [0.4, 0.5) is 0 Å². The molecule has 3 aromatic carbocycles. The molecule has 4 fully saturated rings. The van der Waals surface area contributed by atoms with E-state index in [-0.39, 0.29) is 5.41 Å². The normalized spacial score (nSPS) is 28.6. The summed E-state index contributed by atoms with van der Waals surface area (Å²) in [5.41, 5.74) is 4.30. The van der Waals surface area contributed by atoms with E-state index >= 15 is 0 Å². The SMILES string of the molecule is c1ccc(C(c2ccccc2)(c2ccccc2)C2[C]3CC4CC(C3)CC2C4)cc1. The molecule has 0 aromatic heterocycles. The minimum Gasteiger partial charge on any atom is -0.0622 e. The van der Waals surface area contributed by atoms with Gasteiger partial charge in [0.05, 0.1) is 0 Å². The Morgan fingerprint density at radius 1 is 0.517 bits per heavy atom. The standard InChI is InChI=1S/C29H29/c1-4-10-25(11-5-1)29(26-12-6-2-7-13-26,27-14-8-3-9-15-27)28-23-17-21-16-22(19-23)20-24(28)18-21/h1-15,21-23,28H,16-20H2. The number of hydrogen-bond acceptors (Lipinski definition) is 0. The van der Waals surface area contributed by atoms with Crippen molar-refractivity contribution in [2.45, 2.75) is 37.5 Å². The molecule has 0 N–H and O–H groups in total. The first-order valence-corrected chi connectivity index (χ1v) is 11.4. The second kappa shape index (κ2) is 6.87. The summed E-state index contributed by atoms with van der Waals surface area (Å²) in [6.07, 6.45) is 7.08. The van der Waals surface area contributed by atoms with Crippen LogP contribution in [-0.4, -0.2) is 0 Å². The molecule has 4 aliphatic rings. The van der Waals surface area contributed by atoms with Crippen molar-refractivity contribution in [3.8, 4) is 0 Å². The fourth-order valence-electron chi connectivity index (χ4n) is 7.44. The van der Waals surface area contributed by atoms with E-state index in [2.05, 4.69) is 91.0 Å². The van der Waals surface area contributed by atoms with Crippen LogP contribution in [0.15, 0.2) is 91.0 Å². The summed E-state index contributed by atoms with van der Waals surface area (Å²) in [7, 11) is 0. The van der Waals surface area contributed by atoms with Gasteiger partial charge in [-0.1, -0.05) is 91.0 Å². The molecule has 4 aliphatic carbocycles. The van der Waals surface area contributed by atoms with E-state index in [0.29, 0.717) is 5.92 Å². The molecule has 0 saturated heterocycles. The van der Waals surface area contributed by atoms with Crippen LogP contribution >= 0.6 is 0 Å². The average Bonchev–Trinajstić information content (AvgIpc) is 2.78. The summed E-state index contributed by atoms with van der Waals surface area (Å²) in [6.45, 7) is 0. The van der Waals surface area contributed by atoms with Crippen LogP contribution in [0.1, 0.15) is 48.8 Å². The monoisotopic (exact) mass is 377 g/mol. The van der Waals surface area contributed by atoms with E-state index in [4.69, 9.17) is 0 Å². The molecule has 7 rings (SSSR count). The first-order chi connectivity index (χ1) is 14.4. The first-order valence-electron chi connectivity index (χ1n) is 11.4. The average molecular weight is 378 g/mol. The predicted octanol–water partition coefficient (Wildman–Crippen LogP) is 7.05. The van der Waals surface area contributed by atoms with Crippen LogP contribution in [0.3, 0.4) is 0 Å². The molecule has 3 aromatic rings. The highest BCUT2D eigenvalue weighted by atomic mass is 14.6. The smallest absolute Gasteiger partial charge is 0.0487 e. The van der Waals surface area contributed by atoms with Crippen molar-refractivity contribution in [3.63, 3.8) is 0 Å². The molecule has 0 heteroatoms. The summed E-state index contributed by atoms with van der Waals surface area (Å²) >= 11 is 0. The minimum absolute atomic E-state index is 0.0863. The highest BCUT2D eigenvalue weighted by Crippen LogP contribution is 2.64. The second-order valence-electron chi connectivity index (χ2n) is 9.65. The summed E-state index contributed by atoms with van der Waals surface area (Å²) in [5, 5.41) is 0. The molecule has 4 saturated carbocycles. The zero-order valence-electron chi connectivity index (χ0n) is 17.0. The van der Waals surface area contributed by atoms with Crippen molar-refractivity contribution in [2.24, 2.45) is 23.7 Å². The fourth-order valence-corrected chi connectivity index (χ4v) is 7.44. The molecule has 145 valence electrons. The van der Waals surface area contributed by atoms with Crippen LogP contribution in [0.5, 0.6) is 0 Å². The molecule has 29 heavy (non-hydrogen) atoms. The lowest BCUT2D eigenvalue weighted by molar-refractivity contribution is 0.0210. The molecular formula is C29H29. The Labute approximate surface area is 175 Å². The van der Waals surface area contributed by atoms with Gasteiger partial charge in [0.1, 0.15) is 0 Å². The third-order valence-electron chi connectivity index (χ3n) is 8.11. The molecule has 0 nitrogen and oxygen atoms in total. The van der Waals surface area contributed by atoms with E-state index < -0.39 is 0 Å². The quantitative estimate of drug-likeness (QED) is 0.427. The van der Waals surface area contributed by atoms with E-state index in [1.165, 1.54) is 48.8 Å². The zero-order chi connectivity index (χ0) is 19.3. The van der Waals surface area contributed by atoms with Crippen molar-refractivity contribution in [3.05, 3.63) is 114 Å². The van der Waals surface area contributed by atoms with Gasteiger partial charge in [-0.25, -0.2) is 0 Å². The zero-order valence-corrected chi connectivity index (χ0v) is 17.0. The Bertz CT molecular complexity index is 832. The molecular weight excluding hydrogens is 348 g/mol. The van der Waals surface area contributed by atoms with Crippen LogP contribution < -0.4 is 0 Å². The Balaban J connectivity index is 1.64. The second-order valence-corrected chi connectivity index (χ2v) is 9.65. The van der Waals surface area contributed by atoms with Gasteiger partial charge in [0.2, 0.25) is 0 Å². The molecule has 3 atom stereocenters. The van der Waals surface area contributed by atoms with Gasteiger partial charge >= 0.3 is 0 Å². The van der Waals surface area contributed by atoms with E-state index in [1.807, 2.05) is 5.92 Å². The Morgan fingerprint density at radius 3 is 1.31 bits per heavy atom. The lowest BCUT2D eigenvalue weighted by Gasteiger charge is -2.60. The number of hydrogen-bond donors (Lipinski definition) is 0. The molecule has 0 heterocycles. The maximum Gasteiger partial charge on any atom is 0.0487 e. The number of rotatable bonds is 4.